The van der Waals surface area contributed by atoms with Crippen molar-refractivity contribution in [2.24, 2.45) is 0 Å². The second-order valence-corrected chi connectivity index (χ2v) is 5.20. The quantitative estimate of drug-likeness (QED) is 0.911. The van der Waals surface area contributed by atoms with E-state index in [1.165, 1.54) is 0 Å². The summed E-state index contributed by atoms with van der Waals surface area (Å²) in [4.78, 5) is 14.0. The predicted octanol–water partition coefficient (Wildman–Crippen LogP) is 3.82. The first-order valence-electron chi connectivity index (χ1n) is 7.04. The molecule has 0 saturated carbocycles. The summed E-state index contributed by atoms with van der Waals surface area (Å²) < 4.78 is 26.3. The number of amides is 1. The van der Waals surface area contributed by atoms with Crippen molar-refractivity contribution < 1.29 is 13.6 Å². The lowest BCUT2D eigenvalue weighted by Gasteiger charge is -2.27. The van der Waals surface area contributed by atoms with E-state index in [9.17, 15) is 13.6 Å². The maximum Gasteiger partial charge on any atom is 0.246 e. The van der Waals surface area contributed by atoms with Gasteiger partial charge in [0.15, 0.2) is 0 Å². The maximum absolute atomic E-state index is 13.1. The number of nitrogens with zero attached hydrogens (tertiary/aromatic N) is 1. The molecule has 0 fully saturated rings. The Hall–Kier alpha value is -2.43. The maximum atomic E-state index is 13.1. The summed E-state index contributed by atoms with van der Waals surface area (Å²) in [6.07, 6.45) is 0. The molecule has 0 unspecified atom stereocenters. The molecule has 3 nitrogen and oxygen atoms in total. The Bertz CT molecular complexity index is 624. The van der Waals surface area contributed by atoms with Crippen LogP contribution in [-0.2, 0) is 4.79 Å². The zero-order chi connectivity index (χ0) is 16.1. The highest BCUT2D eigenvalue weighted by Crippen LogP contribution is 2.17. The van der Waals surface area contributed by atoms with Crippen LogP contribution in [0.25, 0.3) is 0 Å². The van der Waals surface area contributed by atoms with Gasteiger partial charge < -0.3 is 10.2 Å². The van der Waals surface area contributed by atoms with Gasteiger partial charge in [0, 0.05) is 23.5 Å². The van der Waals surface area contributed by atoms with Gasteiger partial charge in [0.2, 0.25) is 5.91 Å². The van der Waals surface area contributed by atoms with Crippen LogP contribution in [0.15, 0.2) is 48.5 Å². The first-order valence-corrected chi connectivity index (χ1v) is 7.04. The molecule has 2 aromatic carbocycles. The standard InChI is InChI=1S/C17H18F2N2O/c1-12(2)21(16-6-4-3-5-7-16)17(22)11-20-15-9-13(18)8-14(19)10-15/h3-10,12,20H,11H2,1-2H3. The van der Waals surface area contributed by atoms with Crippen molar-refractivity contribution in [3.8, 4) is 0 Å². The van der Waals surface area contributed by atoms with Crippen molar-refractivity contribution in [3.63, 3.8) is 0 Å². The Morgan fingerprint density at radius 3 is 2.23 bits per heavy atom. The molecule has 0 spiro atoms. The van der Waals surface area contributed by atoms with E-state index in [-0.39, 0.29) is 24.2 Å². The molecule has 0 radical (unpaired) electrons. The van der Waals surface area contributed by atoms with Crippen molar-refractivity contribution in [2.45, 2.75) is 19.9 Å². The van der Waals surface area contributed by atoms with Gasteiger partial charge in [-0.25, -0.2) is 8.78 Å². The molecule has 0 bridgehead atoms. The van der Waals surface area contributed by atoms with Crippen LogP contribution in [0.5, 0.6) is 0 Å². The lowest BCUT2D eigenvalue weighted by atomic mass is 10.2. The molecular weight excluding hydrogens is 286 g/mol. The molecular formula is C17H18F2N2O. The minimum absolute atomic E-state index is 0.0269. The molecule has 1 N–H and O–H groups in total. The molecule has 0 atom stereocenters. The summed E-state index contributed by atoms with van der Waals surface area (Å²) in [6.45, 7) is 3.77. The largest absolute Gasteiger partial charge is 0.376 e. The number of hydrogen-bond donors (Lipinski definition) is 1. The second kappa shape index (κ2) is 7.02. The number of nitrogens with one attached hydrogen (secondary N) is 1. The lowest BCUT2D eigenvalue weighted by Crippen LogP contribution is -2.40. The Balaban J connectivity index is 2.09. The van der Waals surface area contributed by atoms with Gasteiger partial charge >= 0.3 is 0 Å². The number of rotatable bonds is 5. The highest BCUT2D eigenvalue weighted by molar-refractivity contribution is 5.96. The fraction of sp³-hybridized carbons (Fsp3) is 0.235. The predicted molar refractivity (Wildman–Crippen MR) is 83.9 cm³/mol. The van der Waals surface area contributed by atoms with E-state index >= 15 is 0 Å². The molecule has 0 aliphatic rings. The summed E-state index contributed by atoms with van der Waals surface area (Å²) in [5, 5.41) is 2.76. The smallest absolute Gasteiger partial charge is 0.246 e. The van der Waals surface area contributed by atoms with Crippen LogP contribution >= 0.6 is 0 Å². The van der Waals surface area contributed by atoms with E-state index in [2.05, 4.69) is 5.32 Å². The number of halogens is 2. The highest BCUT2D eigenvalue weighted by Gasteiger charge is 2.18. The van der Waals surface area contributed by atoms with Gasteiger partial charge in [-0.3, -0.25) is 4.79 Å². The fourth-order valence-corrected chi connectivity index (χ4v) is 2.24. The average Bonchev–Trinajstić information content (AvgIpc) is 2.45. The molecule has 0 heterocycles. The second-order valence-electron chi connectivity index (χ2n) is 5.20. The Morgan fingerprint density at radius 1 is 1.09 bits per heavy atom. The van der Waals surface area contributed by atoms with Crippen LogP contribution in [-0.4, -0.2) is 18.5 Å². The number of para-hydroxylation sites is 1. The van der Waals surface area contributed by atoms with Gasteiger partial charge in [0.05, 0.1) is 6.54 Å². The number of anilines is 2. The first-order chi connectivity index (χ1) is 10.5. The van der Waals surface area contributed by atoms with Gasteiger partial charge in [0.25, 0.3) is 0 Å². The molecule has 5 heteroatoms. The van der Waals surface area contributed by atoms with E-state index in [1.54, 1.807) is 4.90 Å². The monoisotopic (exact) mass is 304 g/mol. The molecule has 0 aromatic heterocycles. The van der Waals surface area contributed by atoms with E-state index in [0.29, 0.717) is 0 Å². The van der Waals surface area contributed by atoms with Crippen molar-refractivity contribution in [1.82, 2.24) is 0 Å². The minimum atomic E-state index is -0.682. The van der Waals surface area contributed by atoms with Crippen LogP contribution in [0.3, 0.4) is 0 Å². The van der Waals surface area contributed by atoms with Gasteiger partial charge in [-0.2, -0.15) is 0 Å². The third-order valence-corrected chi connectivity index (χ3v) is 3.13. The first kappa shape index (κ1) is 15.9. The van der Waals surface area contributed by atoms with E-state index in [0.717, 1.165) is 23.9 Å². The van der Waals surface area contributed by atoms with Crippen molar-refractivity contribution >= 4 is 17.3 Å². The summed E-state index contributed by atoms with van der Waals surface area (Å²) in [5.74, 6) is -1.54. The van der Waals surface area contributed by atoms with Crippen LogP contribution < -0.4 is 10.2 Å². The van der Waals surface area contributed by atoms with Gasteiger partial charge in [-0.15, -0.1) is 0 Å². The summed E-state index contributed by atoms with van der Waals surface area (Å²) in [6, 6.07) is 12.3. The van der Waals surface area contributed by atoms with Crippen LogP contribution in [0.4, 0.5) is 20.2 Å². The van der Waals surface area contributed by atoms with Gasteiger partial charge in [-0.1, -0.05) is 18.2 Å². The van der Waals surface area contributed by atoms with E-state index in [4.69, 9.17) is 0 Å². The van der Waals surface area contributed by atoms with Crippen molar-refractivity contribution in [2.75, 3.05) is 16.8 Å². The molecule has 22 heavy (non-hydrogen) atoms. The molecule has 2 rings (SSSR count). The van der Waals surface area contributed by atoms with Crippen molar-refractivity contribution in [1.29, 1.82) is 0 Å². The minimum Gasteiger partial charge on any atom is -0.376 e. The average molecular weight is 304 g/mol. The van der Waals surface area contributed by atoms with Crippen LogP contribution in [0.2, 0.25) is 0 Å². The van der Waals surface area contributed by atoms with Crippen LogP contribution in [0, 0.1) is 11.6 Å². The normalized spacial score (nSPS) is 10.6. The lowest BCUT2D eigenvalue weighted by molar-refractivity contribution is -0.117. The Kier molecular flexibility index (Phi) is 5.09. The van der Waals surface area contributed by atoms with Gasteiger partial charge in [0.1, 0.15) is 11.6 Å². The van der Waals surface area contributed by atoms with E-state index in [1.807, 2.05) is 44.2 Å². The fourth-order valence-electron chi connectivity index (χ4n) is 2.24. The molecule has 0 saturated heterocycles. The van der Waals surface area contributed by atoms with Crippen LogP contribution in [0.1, 0.15) is 13.8 Å². The SMILES string of the molecule is CC(C)N(C(=O)CNc1cc(F)cc(F)c1)c1ccccc1. The zero-order valence-electron chi connectivity index (χ0n) is 12.5. The van der Waals surface area contributed by atoms with Crippen molar-refractivity contribution in [3.05, 3.63) is 60.2 Å². The number of carbonyl (C=O) groups excluding carboxylic acids is 1. The molecule has 2 aromatic rings. The number of benzene rings is 2. The topological polar surface area (TPSA) is 32.3 Å². The third-order valence-electron chi connectivity index (χ3n) is 3.13. The summed E-state index contributed by atoms with van der Waals surface area (Å²) in [7, 11) is 0. The molecule has 0 aliphatic heterocycles. The zero-order valence-corrected chi connectivity index (χ0v) is 12.5. The van der Waals surface area contributed by atoms with Gasteiger partial charge in [-0.05, 0) is 38.1 Å². The van der Waals surface area contributed by atoms with E-state index < -0.39 is 11.6 Å². The third kappa shape index (κ3) is 4.04. The summed E-state index contributed by atoms with van der Waals surface area (Å²) in [5.41, 5.74) is 1.03. The number of carbonyl (C=O) groups is 1. The molecule has 116 valence electrons. The Labute approximate surface area is 128 Å². The number of hydrogen-bond acceptors (Lipinski definition) is 2. The molecule has 1 amide bonds. The molecule has 0 aliphatic carbocycles. The summed E-state index contributed by atoms with van der Waals surface area (Å²) >= 11 is 0. The highest BCUT2D eigenvalue weighted by atomic mass is 19.1. The Morgan fingerprint density at radius 2 is 1.68 bits per heavy atom.